The van der Waals surface area contributed by atoms with Gasteiger partial charge < -0.3 is 15.4 Å². The van der Waals surface area contributed by atoms with E-state index in [9.17, 15) is 18.0 Å². The standard InChI is InChI=1S/C15H21F3N2O2/c1-4-10(2)13(19)14(21)20(3)9-11-7-5-6-8-12(11)22-15(16,17)18/h5-8,10,13H,4,9,19H2,1-3H3. The summed E-state index contributed by atoms with van der Waals surface area (Å²) in [6, 6.07) is 5.06. The lowest BCUT2D eigenvalue weighted by Gasteiger charge is -2.25. The molecular formula is C15H21F3N2O2. The van der Waals surface area contributed by atoms with Gasteiger partial charge in [0.15, 0.2) is 0 Å². The van der Waals surface area contributed by atoms with E-state index in [1.807, 2.05) is 13.8 Å². The van der Waals surface area contributed by atoms with Crippen LogP contribution < -0.4 is 10.5 Å². The molecule has 0 aliphatic rings. The van der Waals surface area contributed by atoms with E-state index in [0.29, 0.717) is 0 Å². The van der Waals surface area contributed by atoms with E-state index < -0.39 is 12.4 Å². The van der Waals surface area contributed by atoms with Gasteiger partial charge in [-0.05, 0) is 12.0 Å². The van der Waals surface area contributed by atoms with Crippen LogP contribution in [0.4, 0.5) is 13.2 Å². The quantitative estimate of drug-likeness (QED) is 0.877. The van der Waals surface area contributed by atoms with Gasteiger partial charge >= 0.3 is 6.36 Å². The first kappa shape index (κ1) is 18.3. The molecule has 0 spiro atoms. The van der Waals surface area contributed by atoms with E-state index in [1.54, 1.807) is 6.07 Å². The molecule has 0 aromatic heterocycles. The SMILES string of the molecule is CCC(C)C(N)C(=O)N(C)Cc1ccccc1OC(F)(F)F. The second-order valence-corrected chi connectivity index (χ2v) is 5.26. The fraction of sp³-hybridized carbons (Fsp3) is 0.533. The number of carbonyl (C=O) groups excluding carboxylic acids is 1. The number of carbonyl (C=O) groups is 1. The molecule has 0 fully saturated rings. The Hall–Kier alpha value is -1.76. The molecule has 7 heteroatoms. The van der Waals surface area contributed by atoms with Crippen LogP contribution in [0.5, 0.6) is 5.75 Å². The minimum absolute atomic E-state index is 0.00313. The molecular weight excluding hydrogens is 297 g/mol. The number of hydrogen-bond donors (Lipinski definition) is 1. The topological polar surface area (TPSA) is 55.6 Å². The molecule has 1 rings (SSSR count). The van der Waals surface area contributed by atoms with Gasteiger partial charge in [-0.25, -0.2) is 0 Å². The summed E-state index contributed by atoms with van der Waals surface area (Å²) in [7, 11) is 1.51. The van der Waals surface area contributed by atoms with E-state index in [-0.39, 0.29) is 29.7 Å². The molecule has 0 aliphatic carbocycles. The van der Waals surface area contributed by atoms with Crippen molar-refractivity contribution in [2.75, 3.05) is 7.05 Å². The van der Waals surface area contributed by atoms with Gasteiger partial charge in [0.1, 0.15) is 5.75 Å². The molecule has 1 aromatic carbocycles. The van der Waals surface area contributed by atoms with Crippen molar-refractivity contribution in [3.63, 3.8) is 0 Å². The van der Waals surface area contributed by atoms with Gasteiger partial charge in [0, 0.05) is 19.2 Å². The van der Waals surface area contributed by atoms with Gasteiger partial charge in [-0.15, -0.1) is 13.2 Å². The van der Waals surface area contributed by atoms with Crippen LogP contribution in [0.3, 0.4) is 0 Å². The number of benzene rings is 1. The van der Waals surface area contributed by atoms with E-state index in [0.717, 1.165) is 6.42 Å². The molecule has 1 amide bonds. The first-order chi connectivity index (χ1) is 10.2. The third-order valence-corrected chi connectivity index (χ3v) is 3.52. The van der Waals surface area contributed by atoms with Crippen molar-refractivity contribution in [1.29, 1.82) is 0 Å². The fourth-order valence-corrected chi connectivity index (χ4v) is 1.94. The van der Waals surface area contributed by atoms with Gasteiger partial charge in [-0.2, -0.15) is 0 Å². The summed E-state index contributed by atoms with van der Waals surface area (Å²) in [5, 5.41) is 0. The predicted octanol–water partition coefficient (Wildman–Crippen LogP) is 2.92. The molecule has 2 N–H and O–H groups in total. The lowest BCUT2D eigenvalue weighted by atomic mass is 9.99. The molecule has 1 aromatic rings. The third-order valence-electron chi connectivity index (χ3n) is 3.52. The third kappa shape index (κ3) is 5.22. The summed E-state index contributed by atoms with van der Waals surface area (Å²) in [5.74, 6) is -0.625. The highest BCUT2D eigenvalue weighted by Crippen LogP contribution is 2.27. The number of alkyl halides is 3. The zero-order valence-corrected chi connectivity index (χ0v) is 12.9. The monoisotopic (exact) mass is 318 g/mol. The largest absolute Gasteiger partial charge is 0.573 e. The zero-order chi connectivity index (χ0) is 16.9. The highest BCUT2D eigenvalue weighted by atomic mass is 19.4. The summed E-state index contributed by atoms with van der Waals surface area (Å²) >= 11 is 0. The second-order valence-electron chi connectivity index (χ2n) is 5.26. The Morgan fingerprint density at radius 3 is 2.50 bits per heavy atom. The summed E-state index contributed by atoms with van der Waals surface area (Å²) in [6.07, 6.45) is -4.03. The van der Waals surface area contributed by atoms with Crippen molar-refractivity contribution in [1.82, 2.24) is 4.90 Å². The van der Waals surface area contributed by atoms with Crippen LogP contribution in [0, 0.1) is 5.92 Å². The van der Waals surface area contributed by atoms with Gasteiger partial charge in [0.2, 0.25) is 5.91 Å². The smallest absolute Gasteiger partial charge is 0.405 e. The van der Waals surface area contributed by atoms with E-state index in [4.69, 9.17) is 5.73 Å². The summed E-state index contributed by atoms with van der Waals surface area (Å²) in [6.45, 7) is 3.77. The Labute approximate surface area is 128 Å². The number of halogens is 3. The van der Waals surface area contributed by atoms with Crippen LogP contribution in [0.25, 0.3) is 0 Å². The number of nitrogens with two attached hydrogens (primary N) is 1. The number of hydrogen-bond acceptors (Lipinski definition) is 3. The van der Waals surface area contributed by atoms with Gasteiger partial charge in [0.25, 0.3) is 0 Å². The maximum atomic E-state index is 12.4. The van der Waals surface area contributed by atoms with Crippen molar-refractivity contribution in [3.05, 3.63) is 29.8 Å². The molecule has 0 aliphatic heterocycles. The Balaban J connectivity index is 2.84. The molecule has 0 bridgehead atoms. The Bertz CT molecular complexity index is 506. The average Bonchev–Trinajstić information content (AvgIpc) is 2.45. The highest BCUT2D eigenvalue weighted by molar-refractivity contribution is 5.81. The number of likely N-dealkylation sites (N-methyl/N-ethyl adjacent to an activating group) is 1. The molecule has 0 saturated heterocycles. The van der Waals surface area contributed by atoms with Crippen molar-refractivity contribution in [3.8, 4) is 5.75 Å². The first-order valence-corrected chi connectivity index (χ1v) is 7.00. The van der Waals surface area contributed by atoms with Crippen LogP contribution in [-0.2, 0) is 11.3 Å². The van der Waals surface area contributed by atoms with Crippen LogP contribution in [0.2, 0.25) is 0 Å². The highest BCUT2D eigenvalue weighted by Gasteiger charge is 2.32. The van der Waals surface area contributed by atoms with Gasteiger partial charge in [-0.3, -0.25) is 4.79 Å². The lowest BCUT2D eigenvalue weighted by molar-refractivity contribution is -0.275. The molecule has 2 unspecified atom stereocenters. The lowest BCUT2D eigenvalue weighted by Crippen LogP contribution is -2.45. The first-order valence-electron chi connectivity index (χ1n) is 7.00. The number of para-hydroxylation sites is 1. The van der Waals surface area contributed by atoms with E-state index in [1.165, 1.54) is 30.1 Å². The van der Waals surface area contributed by atoms with Crippen molar-refractivity contribution >= 4 is 5.91 Å². The van der Waals surface area contributed by atoms with Crippen molar-refractivity contribution in [2.24, 2.45) is 11.7 Å². The average molecular weight is 318 g/mol. The number of rotatable bonds is 6. The van der Waals surface area contributed by atoms with Crippen LogP contribution >= 0.6 is 0 Å². The van der Waals surface area contributed by atoms with Gasteiger partial charge in [-0.1, -0.05) is 38.5 Å². The maximum absolute atomic E-state index is 12.4. The molecule has 0 saturated carbocycles. The minimum atomic E-state index is -4.77. The van der Waals surface area contributed by atoms with E-state index >= 15 is 0 Å². The molecule has 4 nitrogen and oxygen atoms in total. The Kier molecular flexibility index (Phi) is 6.22. The van der Waals surface area contributed by atoms with Crippen LogP contribution in [-0.4, -0.2) is 30.3 Å². The molecule has 124 valence electrons. The second kappa shape index (κ2) is 7.49. The summed E-state index contributed by atoms with van der Waals surface area (Å²) in [5.41, 5.74) is 6.13. The van der Waals surface area contributed by atoms with E-state index in [2.05, 4.69) is 4.74 Å². The normalized spacial score (nSPS) is 14.3. The van der Waals surface area contributed by atoms with Crippen molar-refractivity contribution < 1.29 is 22.7 Å². The zero-order valence-electron chi connectivity index (χ0n) is 12.9. The van der Waals surface area contributed by atoms with Crippen molar-refractivity contribution in [2.45, 2.75) is 39.2 Å². The molecule has 2 atom stereocenters. The number of nitrogens with zero attached hydrogens (tertiary/aromatic N) is 1. The molecule has 22 heavy (non-hydrogen) atoms. The molecule has 0 heterocycles. The van der Waals surface area contributed by atoms with Crippen LogP contribution in [0.1, 0.15) is 25.8 Å². The summed E-state index contributed by atoms with van der Waals surface area (Å²) < 4.78 is 41.1. The minimum Gasteiger partial charge on any atom is -0.405 e. The fourth-order valence-electron chi connectivity index (χ4n) is 1.94. The maximum Gasteiger partial charge on any atom is 0.573 e. The van der Waals surface area contributed by atoms with Gasteiger partial charge in [0.05, 0.1) is 6.04 Å². The predicted molar refractivity (Wildman–Crippen MR) is 77.0 cm³/mol. The summed E-state index contributed by atoms with van der Waals surface area (Å²) in [4.78, 5) is 13.5. The Morgan fingerprint density at radius 2 is 1.95 bits per heavy atom. The van der Waals surface area contributed by atoms with Crippen LogP contribution in [0.15, 0.2) is 24.3 Å². The Morgan fingerprint density at radius 1 is 1.36 bits per heavy atom. The number of amides is 1. The molecule has 0 radical (unpaired) electrons. The number of ether oxygens (including phenoxy) is 1.